The van der Waals surface area contributed by atoms with E-state index in [4.69, 9.17) is 10.6 Å². The summed E-state index contributed by atoms with van der Waals surface area (Å²) < 4.78 is 4.71. The SMILES string of the molecule is COC(=O)N[C@H](C(=O)N[C@@H](Cc1ccccc1)[C@@H](O)CN(N)Cc1ccc(-c2ccccn2)cc1)C(C)(C)C.Cl. The molecule has 1 heterocycles. The highest BCUT2D eigenvalue weighted by atomic mass is 35.5. The van der Waals surface area contributed by atoms with E-state index in [0.29, 0.717) is 13.0 Å². The van der Waals surface area contributed by atoms with Gasteiger partial charge in [-0.2, -0.15) is 0 Å². The van der Waals surface area contributed by atoms with Gasteiger partial charge in [-0.25, -0.2) is 9.80 Å². The third kappa shape index (κ3) is 9.91. The third-order valence-corrected chi connectivity index (χ3v) is 6.39. The van der Waals surface area contributed by atoms with Crippen molar-refractivity contribution in [2.45, 2.75) is 51.9 Å². The van der Waals surface area contributed by atoms with Crippen molar-refractivity contribution in [3.05, 3.63) is 90.1 Å². The van der Waals surface area contributed by atoms with Gasteiger partial charge in [-0.3, -0.25) is 15.6 Å². The Hall–Kier alpha value is -3.50. The molecule has 3 aromatic rings. The number of hydrogen-bond acceptors (Lipinski definition) is 7. The molecule has 2 aromatic carbocycles. The topological polar surface area (TPSA) is 130 Å². The first-order valence-corrected chi connectivity index (χ1v) is 12.9. The minimum absolute atomic E-state index is 0. The van der Waals surface area contributed by atoms with Crippen LogP contribution >= 0.6 is 12.4 Å². The monoisotopic (exact) mass is 569 g/mol. The lowest BCUT2D eigenvalue weighted by molar-refractivity contribution is -0.127. The molecule has 0 spiro atoms. The molecular weight excluding hydrogens is 530 g/mol. The van der Waals surface area contributed by atoms with Gasteiger partial charge < -0.3 is 20.5 Å². The lowest BCUT2D eigenvalue weighted by Gasteiger charge is -2.33. The molecule has 0 unspecified atom stereocenters. The van der Waals surface area contributed by atoms with Crippen LogP contribution in [0.2, 0.25) is 0 Å². The average Bonchev–Trinajstić information content (AvgIpc) is 2.91. The van der Waals surface area contributed by atoms with E-state index in [1.54, 1.807) is 6.20 Å². The number of aliphatic hydroxyl groups excluding tert-OH is 1. The molecule has 2 amide bonds. The Balaban J connectivity index is 0.00000560. The summed E-state index contributed by atoms with van der Waals surface area (Å²) in [5.74, 6) is 5.89. The summed E-state index contributed by atoms with van der Waals surface area (Å²) in [5, 5.41) is 18.3. The lowest BCUT2D eigenvalue weighted by Crippen LogP contribution is -2.58. The normalized spacial score (nSPS) is 13.5. The van der Waals surface area contributed by atoms with Crippen LogP contribution < -0.4 is 16.5 Å². The summed E-state index contributed by atoms with van der Waals surface area (Å²) in [6, 6.07) is 21.8. The first-order chi connectivity index (χ1) is 18.6. The molecule has 0 saturated carbocycles. The van der Waals surface area contributed by atoms with Crippen molar-refractivity contribution in [3.63, 3.8) is 0 Å². The molecule has 10 heteroatoms. The third-order valence-electron chi connectivity index (χ3n) is 6.39. The molecule has 0 radical (unpaired) electrons. The molecular formula is C30H40ClN5O4. The summed E-state index contributed by atoms with van der Waals surface area (Å²) in [6.45, 7) is 6.05. The van der Waals surface area contributed by atoms with Gasteiger partial charge in [0.1, 0.15) is 6.04 Å². The number of pyridine rings is 1. The maximum Gasteiger partial charge on any atom is 0.407 e. The summed E-state index contributed by atoms with van der Waals surface area (Å²) >= 11 is 0. The summed E-state index contributed by atoms with van der Waals surface area (Å²) in [5.41, 5.74) is 3.22. The number of carbonyl (C=O) groups excluding carboxylic acids is 2. The van der Waals surface area contributed by atoms with Gasteiger partial charge in [0, 0.05) is 24.8 Å². The number of methoxy groups -OCH3 is 1. The number of benzene rings is 2. The predicted octanol–water partition coefficient (Wildman–Crippen LogP) is 3.71. The predicted molar refractivity (Wildman–Crippen MR) is 158 cm³/mol. The van der Waals surface area contributed by atoms with Gasteiger partial charge in [0.05, 0.1) is 24.9 Å². The number of aromatic nitrogens is 1. The number of carbonyl (C=O) groups is 2. The van der Waals surface area contributed by atoms with E-state index in [0.717, 1.165) is 22.4 Å². The van der Waals surface area contributed by atoms with E-state index >= 15 is 0 Å². The standard InChI is InChI=1S/C30H39N5O4.ClH/c1-30(2,3)27(34-29(38)39-4)28(37)33-25(18-21-10-6-5-7-11-21)26(36)20-35(31)19-22-13-15-23(16-14-22)24-12-8-9-17-32-24;/h5-17,25-27,36H,18-20,31H2,1-4H3,(H,33,37)(H,34,38);1H/t25-,26-,27+;/m0./s1. The second kappa shape index (κ2) is 15.3. The Morgan fingerprint density at radius 2 is 1.62 bits per heavy atom. The van der Waals surface area contributed by atoms with E-state index in [-0.39, 0.29) is 19.0 Å². The molecule has 3 atom stereocenters. The molecule has 3 rings (SSSR count). The van der Waals surface area contributed by atoms with Crippen molar-refractivity contribution in [1.29, 1.82) is 0 Å². The molecule has 1 aromatic heterocycles. The Bertz CT molecular complexity index is 1190. The van der Waals surface area contributed by atoms with Crippen LogP contribution in [0.4, 0.5) is 4.79 Å². The fourth-order valence-electron chi connectivity index (χ4n) is 4.25. The number of rotatable bonds is 11. The number of amides is 2. The van der Waals surface area contributed by atoms with Gasteiger partial charge in [0.2, 0.25) is 5.91 Å². The average molecular weight is 570 g/mol. The van der Waals surface area contributed by atoms with Gasteiger partial charge in [-0.1, -0.05) is 81.4 Å². The number of aliphatic hydroxyl groups is 1. The second-order valence-corrected chi connectivity index (χ2v) is 10.6. The number of halogens is 1. The zero-order chi connectivity index (χ0) is 28.4. The number of nitrogens with two attached hydrogens (primary N) is 1. The van der Waals surface area contributed by atoms with Crippen molar-refractivity contribution in [2.24, 2.45) is 11.3 Å². The van der Waals surface area contributed by atoms with Gasteiger partial charge in [-0.15, -0.1) is 12.4 Å². The molecule has 40 heavy (non-hydrogen) atoms. The molecule has 5 N–H and O–H groups in total. The number of nitrogens with one attached hydrogen (secondary N) is 2. The first kappa shape index (κ1) is 32.7. The summed E-state index contributed by atoms with van der Waals surface area (Å²) in [7, 11) is 1.25. The Morgan fingerprint density at radius 3 is 2.20 bits per heavy atom. The van der Waals surface area contributed by atoms with Crippen LogP contribution in [0.3, 0.4) is 0 Å². The zero-order valence-electron chi connectivity index (χ0n) is 23.4. The van der Waals surface area contributed by atoms with Gasteiger partial charge in [0.15, 0.2) is 0 Å². The number of nitrogens with zero attached hydrogens (tertiary/aromatic N) is 2. The van der Waals surface area contributed by atoms with E-state index in [2.05, 4.69) is 15.6 Å². The number of hydrazine groups is 1. The van der Waals surface area contributed by atoms with Crippen LogP contribution in [0.25, 0.3) is 11.3 Å². The van der Waals surface area contributed by atoms with Crippen molar-refractivity contribution in [2.75, 3.05) is 13.7 Å². The summed E-state index contributed by atoms with van der Waals surface area (Å²) in [6.07, 6.45) is 0.458. The first-order valence-electron chi connectivity index (χ1n) is 12.9. The lowest BCUT2D eigenvalue weighted by atomic mass is 9.85. The van der Waals surface area contributed by atoms with Gasteiger partial charge in [0.25, 0.3) is 0 Å². The Morgan fingerprint density at radius 1 is 0.975 bits per heavy atom. The second-order valence-electron chi connectivity index (χ2n) is 10.6. The van der Waals surface area contributed by atoms with E-state index < -0.39 is 35.6 Å². The fourth-order valence-corrected chi connectivity index (χ4v) is 4.25. The number of ether oxygens (including phenoxy) is 1. The maximum atomic E-state index is 13.3. The maximum absolute atomic E-state index is 13.3. The minimum atomic E-state index is -0.981. The highest BCUT2D eigenvalue weighted by molar-refractivity contribution is 5.86. The molecule has 0 aliphatic heterocycles. The van der Waals surface area contributed by atoms with E-state index in [1.165, 1.54) is 12.1 Å². The smallest absolute Gasteiger partial charge is 0.407 e. The van der Waals surface area contributed by atoms with Crippen LogP contribution in [-0.4, -0.2) is 58.9 Å². The molecule has 0 bridgehead atoms. The quantitative estimate of drug-likeness (QED) is 0.205. The van der Waals surface area contributed by atoms with Crippen molar-refractivity contribution in [1.82, 2.24) is 20.6 Å². The zero-order valence-corrected chi connectivity index (χ0v) is 24.2. The number of alkyl carbamates (subject to hydrolysis) is 1. The Labute approximate surface area is 242 Å². The molecule has 216 valence electrons. The van der Waals surface area contributed by atoms with Gasteiger partial charge in [-0.05, 0) is 35.1 Å². The van der Waals surface area contributed by atoms with Crippen molar-refractivity contribution < 1.29 is 19.4 Å². The molecule has 0 fully saturated rings. The Kier molecular flexibility index (Phi) is 12.5. The largest absolute Gasteiger partial charge is 0.453 e. The molecule has 0 aliphatic carbocycles. The van der Waals surface area contributed by atoms with Crippen LogP contribution in [0.15, 0.2) is 79.0 Å². The highest BCUT2D eigenvalue weighted by Crippen LogP contribution is 2.21. The molecule has 0 saturated heterocycles. The van der Waals surface area contributed by atoms with Crippen molar-refractivity contribution >= 4 is 24.4 Å². The summed E-state index contributed by atoms with van der Waals surface area (Å²) in [4.78, 5) is 29.6. The van der Waals surface area contributed by atoms with Crippen LogP contribution in [0, 0.1) is 5.41 Å². The van der Waals surface area contributed by atoms with Crippen molar-refractivity contribution in [3.8, 4) is 11.3 Å². The van der Waals surface area contributed by atoms with E-state index in [9.17, 15) is 14.7 Å². The minimum Gasteiger partial charge on any atom is -0.453 e. The van der Waals surface area contributed by atoms with Crippen LogP contribution in [-0.2, 0) is 22.5 Å². The van der Waals surface area contributed by atoms with Crippen LogP contribution in [0.1, 0.15) is 31.9 Å². The van der Waals surface area contributed by atoms with E-state index in [1.807, 2.05) is 93.6 Å². The molecule has 9 nitrogen and oxygen atoms in total. The fraction of sp³-hybridized carbons (Fsp3) is 0.367. The number of hydrogen-bond donors (Lipinski definition) is 4. The highest BCUT2D eigenvalue weighted by Gasteiger charge is 2.35. The van der Waals surface area contributed by atoms with Gasteiger partial charge >= 0.3 is 6.09 Å². The van der Waals surface area contributed by atoms with Crippen LogP contribution in [0.5, 0.6) is 0 Å². The molecule has 0 aliphatic rings.